The highest BCUT2D eigenvalue weighted by Crippen LogP contribution is 2.38. The second kappa shape index (κ2) is 7.80. The molecule has 1 aliphatic rings. The fourth-order valence-electron chi connectivity index (χ4n) is 3.86. The molecule has 2 heterocycles. The number of aryl methyl sites for hydroxylation is 1. The Morgan fingerprint density at radius 2 is 1.42 bits per heavy atom. The number of carbonyl (C=O) groups is 2. The van der Waals surface area contributed by atoms with Gasteiger partial charge >= 0.3 is 0 Å². The molecule has 3 aromatic rings. The van der Waals surface area contributed by atoms with Gasteiger partial charge in [0.1, 0.15) is 22.7 Å². The SMILES string of the molecule is COc1ccc(N2C(=O)/C(=C\c3ccco3)C(=O)N(c3ccc(C)cc3)C2(C)C)cc1. The van der Waals surface area contributed by atoms with Gasteiger partial charge in [-0.25, -0.2) is 0 Å². The minimum Gasteiger partial charge on any atom is -0.497 e. The zero-order chi connectivity index (χ0) is 22.2. The summed E-state index contributed by atoms with van der Waals surface area (Å²) in [5, 5.41) is 0. The lowest BCUT2D eigenvalue weighted by Gasteiger charge is -2.50. The largest absolute Gasteiger partial charge is 0.497 e. The van der Waals surface area contributed by atoms with Crippen molar-refractivity contribution < 1.29 is 18.7 Å². The lowest BCUT2D eigenvalue weighted by Crippen LogP contribution is -2.67. The van der Waals surface area contributed by atoms with Crippen molar-refractivity contribution >= 4 is 29.3 Å². The van der Waals surface area contributed by atoms with Gasteiger partial charge in [-0.15, -0.1) is 0 Å². The van der Waals surface area contributed by atoms with Crippen LogP contribution in [0.1, 0.15) is 25.2 Å². The molecular formula is C25H24N2O4. The van der Waals surface area contributed by atoms with Crippen molar-refractivity contribution in [2.24, 2.45) is 0 Å². The Morgan fingerprint density at radius 3 is 1.90 bits per heavy atom. The van der Waals surface area contributed by atoms with Crippen LogP contribution in [0.4, 0.5) is 11.4 Å². The Kier molecular flexibility index (Phi) is 5.15. The van der Waals surface area contributed by atoms with Crippen LogP contribution < -0.4 is 14.5 Å². The Labute approximate surface area is 181 Å². The Hall–Kier alpha value is -3.80. The van der Waals surface area contributed by atoms with Gasteiger partial charge in [0.2, 0.25) is 0 Å². The molecule has 158 valence electrons. The van der Waals surface area contributed by atoms with Crippen molar-refractivity contribution in [1.29, 1.82) is 0 Å². The molecule has 4 rings (SSSR count). The van der Waals surface area contributed by atoms with E-state index in [1.54, 1.807) is 41.2 Å². The molecule has 0 saturated carbocycles. The third kappa shape index (κ3) is 3.61. The molecule has 1 saturated heterocycles. The second-order valence-electron chi connectivity index (χ2n) is 7.88. The van der Waals surface area contributed by atoms with Gasteiger partial charge in [-0.2, -0.15) is 0 Å². The number of nitrogens with zero attached hydrogens (tertiary/aromatic N) is 2. The van der Waals surface area contributed by atoms with Gasteiger partial charge in [0.15, 0.2) is 0 Å². The number of carbonyl (C=O) groups excluding carboxylic acids is 2. The Balaban J connectivity index is 1.89. The summed E-state index contributed by atoms with van der Waals surface area (Å²) in [6.07, 6.45) is 3.00. The number of ether oxygens (including phenoxy) is 1. The van der Waals surface area contributed by atoms with Crippen LogP contribution in [0, 0.1) is 6.92 Å². The molecule has 2 amide bonds. The number of benzene rings is 2. The molecule has 0 radical (unpaired) electrons. The topological polar surface area (TPSA) is 63.0 Å². The Bertz CT molecular complexity index is 1130. The van der Waals surface area contributed by atoms with Gasteiger partial charge < -0.3 is 9.15 Å². The first-order valence-corrected chi connectivity index (χ1v) is 9.98. The molecule has 6 heteroatoms. The van der Waals surface area contributed by atoms with Crippen LogP contribution in [-0.4, -0.2) is 24.6 Å². The van der Waals surface area contributed by atoms with Gasteiger partial charge in [-0.3, -0.25) is 19.4 Å². The van der Waals surface area contributed by atoms with Gasteiger partial charge in [-0.1, -0.05) is 17.7 Å². The predicted octanol–water partition coefficient (Wildman–Crippen LogP) is 4.80. The van der Waals surface area contributed by atoms with Crippen molar-refractivity contribution in [2.45, 2.75) is 26.4 Å². The molecule has 31 heavy (non-hydrogen) atoms. The van der Waals surface area contributed by atoms with E-state index in [-0.39, 0.29) is 17.4 Å². The molecule has 0 unspecified atom stereocenters. The van der Waals surface area contributed by atoms with Gasteiger partial charge in [0.25, 0.3) is 11.8 Å². The van der Waals surface area contributed by atoms with E-state index in [9.17, 15) is 9.59 Å². The quantitative estimate of drug-likeness (QED) is 0.453. The van der Waals surface area contributed by atoms with E-state index in [1.807, 2.05) is 57.2 Å². The number of methoxy groups -OCH3 is 1. The molecule has 0 atom stereocenters. The third-order valence-electron chi connectivity index (χ3n) is 5.41. The average Bonchev–Trinajstić information content (AvgIpc) is 3.26. The lowest BCUT2D eigenvalue weighted by atomic mass is 9.97. The number of amides is 2. The van der Waals surface area contributed by atoms with E-state index >= 15 is 0 Å². The minimum absolute atomic E-state index is 0.0330. The monoisotopic (exact) mass is 416 g/mol. The number of hydrogen-bond acceptors (Lipinski definition) is 4. The first-order valence-electron chi connectivity index (χ1n) is 9.98. The van der Waals surface area contributed by atoms with Crippen LogP contribution in [-0.2, 0) is 9.59 Å². The second-order valence-corrected chi connectivity index (χ2v) is 7.88. The standard InChI is InChI=1S/C25H24N2O4/c1-17-7-9-18(10-8-17)26-23(28)22(16-21-6-5-15-31-21)24(29)27(25(26,2)3)19-11-13-20(30-4)14-12-19/h5-16H,1-4H3/b22-16-. The van der Waals surface area contributed by atoms with Crippen molar-refractivity contribution in [3.05, 3.63) is 83.8 Å². The fourth-order valence-corrected chi connectivity index (χ4v) is 3.86. The van der Waals surface area contributed by atoms with Crippen LogP contribution >= 0.6 is 0 Å². The van der Waals surface area contributed by atoms with E-state index in [0.29, 0.717) is 22.9 Å². The fraction of sp³-hybridized carbons (Fsp3) is 0.200. The van der Waals surface area contributed by atoms with Crippen molar-refractivity contribution in [1.82, 2.24) is 0 Å². The molecule has 1 aromatic heterocycles. The van der Waals surface area contributed by atoms with Crippen LogP contribution in [0.5, 0.6) is 5.75 Å². The summed E-state index contributed by atoms with van der Waals surface area (Å²) in [7, 11) is 1.59. The zero-order valence-corrected chi connectivity index (χ0v) is 18.0. The van der Waals surface area contributed by atoms with Gasteiger partial charge in [0.05, 0.1) is 13.4 Å². The van der Waals surface area contributed by atoms with E-state index in [1.165, 1.54) is 12.3 Å². The summed E-state index contributed by atoms with van der Waals surface area (Å²) < 4.78 is 10.6. The lowest BCUT2D eigenvalue weighted by molar-refractivity contribution is -0.124. The number of furan rings is 1. The Morgan fingerprint density at radius 1 is 0.871 bits per heavy atom. The maximum absolute atomic E-state index is 13.6. The molecule has 6 nitrogen and oxygen atoms in total. The first-order chi connectivity index (χ1) is 14.8. The summed E-state index contributed by atoms with van der Waals surface area (Å²) in [4.78, 5) is 30.5. The van der Waals surface area contributed by atoms with Gasteiger partial charge in [0, 0.05) is 11.4 Å². The van der Waals surface area contributed by atoms with Crippen LogP contribution in [0.2, 0.25) is 0 Å². The number of rotatable bonds is 4. The maximum atomic E-state index is 13.6. The summed E-state index contributed by atoms with van der Waals surface area (Å²) in [6, 6.07) is 18.3. The molecule has 1 aliphatic heterocycles. The smallest absolute Gasteiger partial charge is 0.265 e. The molecule has 0 bridgehead atoms. The molecule has 0 N–H and O–H groups in total. The third-order valence-corrected chi connectivity index (χ3v) is 5.41. The molecule has 1 fully saturated rings. The summed E-state index contributed by atoms with van der Waals surface area (Å²) in [6.45, 7) is 5.70. The number of hydrogen-bond donors (Lipinski definition) is 0. The summed E-state index contributed by atoms with van der Waals surface area (Å²) in [5.41, 5.74) is 1.52. The van der Waals surface area contributed by atoms with E-state index < -0.39 is 5.66 Å². The van der Waals surface area contributed by atoms with Gasteiger partial charge in [-0.05, 0) is 75.4 Å². The highest BCUT2D eigenvalue weighted by atomic mass is 16.5. The summed E-state index contributed by atoms with van der Waals surface area (Å²) in [5.74, 6) is 0.360. The first kappa shape index (κ1) is 20.5. The molecular weight excluding hydrogens is 392 g/mol. The van der Waals surface area contributed by atoms with Crippen molar-refractivity contribution in [3.63, 3.8) is 0 Å². The van der Waals surface area contributed by atoms with Crippen LogP contribution in [0.25, 0.3) is 6.08 Å². The van der Waals surface area contributed by atoms with E-state index in [4.69, 9.17) is 9.15 Å². The molecule has 0 spiro atoms. The van der Waals surface area contributed by atoms with E-state index in [2.05, 4.69) is 0 Å². The average molecular weight is 416 g/mol. The van der Waals surface area contributed by atoms with Crippen LogP contribution in [0.15, 0.2) is 76.9 Å². The molecule has 2 aromatic carbocycles. The minimum atomic E-state index is -0.960. The van der Waals surface area contributed by atoms with Crippen molar-refractivity contribution in [3.8, 4) is 5.75 Å². The maximum Gasteiger partial charge on any atom is 0.265 e. The van der Waals surface area contributed by atoms with Crippen molar-refractivity contribution in [2.75, 3.05) is 16.9 Å². The number of anilines is 2. The zero-order valence-electron chi connectivity index (χ0n) is 18.0. The van der Waals surface area contributed by atoms with E-state index in [0.717, 1.165) is 5.56 Å². The predicted molar refractivity (Wildman–Crippen MR) is 120 cm³/mol. The van der Waals surface area contributed by atoms with Crippen LogP contribution in [0.3, 0.4) is 0 Å². The summed E-state index contributed by atoms with van der Waals surface area (Å²) >= 11 is 0. The normalized spacial score (nSPS) is 17.4. The molecule has 0 aliphatic carbocycles. The highest BCUT2D eigenvalue weighted by Gasteiger charge is 2.49. The highest BCUT2D eigenvalue weighted by molar-refractivity contribution is 6.33.